The Hall–Kier alpha value is -1.81. The van der Waals surface area contributed by atoms with Gasteiger partial charge in [0.1, 0.15) is 0 Å². The number of aliphatic imine (C=N–C) groups is 1. The molecule has 2 rings (SSSR count). The van der Waals surface area contributed by atoms with Crippen molar-refractivity contribution >= 4 is 17.3 Å². The molecule has 1 aromatic carbocycles. The van der Waals surface area contributed by atoms with Crippen LogP contribution in [0.5, 0.6) is 0 Å². The Kier molecular flexibility index (Phi) is 5.81. The number of nitrogens with one attached hydrogen (secondary N) is 2. The van der Waals surface area contributed by atoms with Crippen LogP contribution in [0.1, 0.15) is 27.8 Å². The fraction of sp³-hybridized carbons (Fsp3) is 0.353. The van der Waals surface area contributed by atoms with Gasteiger partial charge in [0.05, 0.1) is 6.54 Å². The fourth-order valence-electron chi connectivity index (χ4n) is 2.23. The predicted molar refractivity (Wildman–Crippen MR) is 91.9 cm³/mol. The van der Waals surface area contributed by atoms with Crippen molar-refractivity contribution in [2.45, 2.75) is 33.4 Å². The SMILES string of the molecule is CCc1ccccc1CNC(=NC)NCc1ccc(C)s1. The minimum atomic E-state index is 0.799. The molecule has 2 aromatic rings. The highest BCUT2D eigenvalue weighted by Crippen LogP contribution is 2.14. The summed E-state index contributed by atoms with van der Waals surface area (Å²) in [5.74, 6) is 0.840. The Morgan fingerprint density at radius 3 is 2.38 bits per heavy atom. The summed E-state index contributed by atoms with van der Waals surface area (Å²) in [4.78, 5) is 6.94. The van der Waals surface area contributed by atoms with Gasteiger partial charge in [-0.25, -0.2) is 0 Å². The third kappa shape index (κ3) is 4.60. The van der Waals surface area contributed by atoms with E-state index in [9.17, 15) is 0 Å². The van der Waals surface area contributed by atoms with E-state index in [1.807, 2.05) is 11.3 Å². The molecule has 21 heavy (non-hydrogen) atoms. The Balaban J connectivity index is 1.88. The van der Waals surface area contributed by atoms with Gasteiger partial charge in [0.15, 0.2) is 5.96 Å². The number of thiophene rings is 1. The quantitative estimate of drug-likeness (QED) is 0.655. The average molecular weight is 301 g/mol. The van der Waals surface area contributed by atoms with Gasteiger partial charge in [-0.1, -0.05) is 31.2 Å². The second-order valence-corrected chi connectivity index (χ2v) is 6.29. The monoisotopic (exact) mass is 301 g/mol. The summed E-state index contributed by atoms with van der Waals surface area (Å²) in [7, 11) is 1.81. The first-order valence-corrected chi connectivity index (χ1v) is 8.11. The Labute approximate surface area is 131 Å². The number of nitrogens with zero attached hydrogens (tertiary/aromatic N) is 1. The van der Waals surface area contributed by atoms with E-state index in [1.54, 1.807) is 7.05 Å². The van der Waals surface area contributed by atoms with Crippen LogP contribution in [0.3, 0.4) is 0 Å². The maximum absolute atomic E-state index is 4.28. The molecule has 0 fully saturated rings. The number of guanidine groups is 1. The Morgan fingerprint density at radius 1 is 1.05 bits per heavy atom. The summed E-state index contributed by atoms with van der Waals surface area (Å²) in [6.07, 6.45) is 1.05. The van der Waals surface area contributed by atoms with Crippen LogP contribution in [0.4, 0.5) is 0 Å². The summed E-state index contributed by atoms with van der Waals surface area (Å²) in [5.41, 5.74) is 2.71. The van der Waals surface area contributed by atoms with Crippen molar-refractivity contribution in [3.63, 3.8) is 0 Å². The van der Waals surface area contributed by atoms with Crippen molar-refractivity contribution in [3.8, 4) is 0 Å². The minimum Gasteiger partial charge on any atom is -0.352 e. The number of benzene rings is 1. The van der Waals surface area contributed by atoms with Gasteiger partial charge in [-0.2, -0.15) is 0 Å². The number of hydrogen-bond acceptors (Lipinski definition) is 2. The van der Waals surface area contributed by atoms with E-state index in [2.05, 4.69) is 65.9 Å². The van der Waals surface area contributed by atoms with E-state index >= 15 is 0 Å². The van der Waals surface area contributed by atoms with Crippen molar-refractivity contribution < 1.29 is 0 Å². The smallest absolute Gasteiger partial charge is 0.191 e. The Bertz CT molecular complexity index is 602. The van der Waals surface area contributed by atoms with Crippen LogP contribution < -0.4 is 10.6 Å². The minimum absolute atomic E-state index is 0.799. The molecule has 2 N–H and O–H groups in total. The van der Waals surface area contributed by atoms with E-state index < -0.39 is 0 Å². The van der Waals surface area contributed by atoms with Gasteiger partial charge in [-0.05, 0) is 36.6 Å². The third-order valence-electron chi connectivity index (χ3n) is 3.40. The molecule has 4 heteroatoms. The van der Waals surface area contributed by atoms with Crippen LogP contribution in [0.2, 0.25) is 0 Å². The highest BCUT2D eigenvalue weighted by atomic mass is 32.1. The van der Waals surface area contributed by atoms with E-state index in [1.165, 1.54) is 20.9 Å². The molecule has 0 saturated carbocycles. The zero-order valence-corrected chi connectivity index (χ0v) is 13.8. The molecule has 0 spiro atoms. The second-order valence-electron chi connectivity index (χ2n) is 4.91. The van der Waals surface area contributed by atoms with Crippen molar-refractivity contribution in [1.82, 2.24) is 10.6 Å². The molecule has 0 saturated heterocycles. The molecule has 0 amide bonds. The molecule has 1 heterocycles. The summed E-state index contributed by atoms with van der Waals surface area (Å²) in [5, 5.41) is 6.74. The molecule has 0 unspecified atom stereocenters. The molecule has 3 nitrogen and oxygen atoms in total. The summed E-state index contributed by atoms with van der Waals surface area (Å²) >= 11 is 1.82. The molecule has 0 aliphatic rings. The van der Waals surface area contributed by atoms with Crippen LogP contribution in [0, 0.1) is 6.92 Å². The van der Waals surface area contributed by atoms with Gasteiger partial charge in [0.25, 0.3) is 0 Å². The van der Waals surface area contributed by atoms with Gasteiger partial charge in [-0.15, -0.1) is 11.3 Å². The summed E-state index contributed by atoms with van der Waals surface area (Å²) in [6, 6.07) is 12.8. The van der Waals surface area contributed by atoms with E-state index in [4.69, 9.17) is 0 Å². The lowest BCUT2D eigenvalue weighted by molar-refractivity contribution is 0.808. The zero-order valence-electron chi connectivity index (χ0n) is 12.9. The number of hydrogen-bond donors (Lipinski definition) is 2. The number of rotatable bonds is 5. The molecule has 112 valence electrons. The molecule has 1 aromatic heterocycles. The van der Waals surface area contributed by atoms with Crippen LogP contribution in [-0.2, 0) is 19.5 Å². The predicted octanol–water partition coefficient (Wildman–Crippen LogP) is 3.48. The topological polar surface area (TPSA) is 36.4 Å². The maximum atomic E-state index is 4.28. The van der Waals surface area contributed by atoms with E-state index in [0.717, 1.165) is 25.5 Å². The van der Waals surface area contributed by atoms with Crippen LogP contribution in [0.15, 0.2) is 41.4 Å². The van der Waals surface area contributed by atoms with Gasteiger partial charge >= 0.3 is 0 Å². The molecular weight excluding hydrogens is 278 g/mol. The summed E-state index contributed by atoms with van der Waals surface area (Å²) in [6.45, 7) is 5.93. The molecule has 0 aliphatic carbocycles. The van der Waals surface area contributed by atoms with E-state index in [0.29, 0.717) is 0 Å². The maximum Gasteiger partial charge on any atom is 0.191 e. The lowest BCUT2D eigenvalue weighted by Crippen LogP contribution is -2.36. The van der Waals surface area contributed by atoms with Crippen LogP contribution in [-0.4, -0.2) is 13.0 Å². The van der Waals surface area contributed by atoms with Gasteiger partial charge in [0, 0.05) is 23.3 Å². The third-order valence-corrected chi connectivity index (χ3v) is 4.40. The number of aryl methyl sites for hydroxylation is 2. The fourth-order valence-corrected chi connectivity index (χ4v) is 3.06. The standard InChI is InChI=1S/C17H23N3S/c1-4-14-7-5-6-8-15(14)11-19-17(18-3)20-12-16-10-9-13(2)21-16/h5-10H,4,11-12H2,1-3H3,(H2,18,19,20). The summed E-state index contributed by atoms with van der Waals surface area (Å²) < 4.78 is 0. The van der Waals surface area contributed by atoms with Gasteiger partial charge in [0.2, 0.25) is 0 Å². The van der Waals surface area contributed by atoms with Crippen molar-refractivity contribution in [3.05, 3.63) is 57.3 Å². The molecule has 0 atom stereocenters. The lowest BCUT2D eigenvalue weighted by Gasteiger charge is -2.13. The largest absolute Gasteiger partial charge is 0.352 e. The van der Waals surface area contributed by atoms with Crippen LogP contribution >= 0.6 is 11.3 Å². The highest BCUT2D eigenvalue weighted by molar-refractivity contribution is 7.11. The van der Waals surface area contributed by atoms with Gasteiger partial charge in [-0.3, -0.25) is 4.99 Å². The van der Waals surface area contributed by atoms with Gasteiger partial charge < -0.3 is 10.6 Å². The molecule has 0 radical (unpaired) electrons. The molecule has 0 bridgehead atoms. The Morgan fingerprint density at radius 2 is 1.76 bits per heavy atom. The first kappa shape index (κ1) is 15.6. The van der Waals surface area contributed by atoms with E-state index in [-0.39, 0.29) is 0 Å². The lowest BCUT2D eigenvalue weighted by atomic mass is 10.1. The molecular formula is C17H23N3S. The highest BCUT2D eigenvalue weighted by Gasteiger charge is 2.03. The van der Waals surface area contributed by atoms with Crippen LogP contribution in [0.25, 0.3) is 0 Å². The van der Waals surface area contributed by atoms with Crippen molar-refractivity contribution in [2.24, 2.45) is 4.99 Å². The first-order chi connectivity index (χ1) is 10.2. The average Bonchev–Trinajstić information content (AvgIpc) is 2.93. The second kappa shape index (κ2) is 7.84. The molecule has 0 aliphatic heterocycles. The zero-order chi connectivity index (χ0) is 15.1. The first-order valence-electron chi connectivity index (χ1n) is 7.29. The van der Waals surface area contributed by atoms with Crippen molar-refractivity contribution in [1.29, 1.82) is 0 Å². The normalized spacial score (nSPS) is 11.5. The van der Waals surface area contributed by atoms with Crippen molar-refractivity contribution in [2.75, 3.05) is 7.05 Å².